The predicted molar refractivity (Wildman–Crippen MR) is 182 cm³/mol. The molecule has 2 aromatic carbocycles. The number of halogens is 8. The van der Waals surface area contributed by atoms with Crippen molar-refractivity contribution in [2.75, 3.05) is 0 Å². The van der Waals surface area contributed by atoms with Gasteiger partial charge in [0.25, 0.3) is 11.1 Å². The van der Waals surface area contributed by atoms with E-state index >= 15 is 0 Å². The van der Waals surface area contributed by atoms with Gasteiger partial charge in [0.05, 0.1) is 47.0 Å². The lowest BCUT2D eigenvalue weighted by Crippen LogP contribution is -2.16. The van der Waals surface area contributed by atoms with Gasteiger partial charge < -0.3 is 9.97 Å². The third-order valence-electron chi connectivity index (χ3n) is 9.27. The molecular formula is C36H30F8N10O2. The Morgan fingerprint density at radius 3 is 1.29 bits per heavy atom. The lowest BCUT2D eigenvalue weighted by Gasteiger charge is -2.18. The normalized spacial score (nSPS) is 15.6. The molecule has 0 spiro atoms. The van der Waals surface area contributed by atoms with E-state index < -0.39 is 47.2 Å². The fourth-order valence-corrected chi connectivity index (χ4v) is 6.42. The molecule has 0 radical (unpaired) electrons. The number of rotatable bonds is 8. The third-order valence-corrected chi connectivity index (χ3v) is 9.27. The minimum absolute atomic E-state index is 0.0506. The van der Waals surface area contributed by atoms with Crippen LogP contribution in [0, 0.1) is 37.3 Å². The molecule has 20 heteroatoms. The van der Waals surface area contributed by atoms with E-state index in [0.29, 0.717) is 46.6 Å². The largest absolute Gasteiger partial charge is 0.416 e. The van der Waals surface area contributed by atoms with E-state index in [9.17, 15) is 44.7 Å². The summed E-state index contributed by atoms with van der Waals surface area (Å²) in [7, 11) is 0. The van der Waals surface area contributed by atoms with Gasteiger partial charge in [-0.3, -0.25) is 9.59 Å². The summed E-state index contributed by atoms with van der Waals surface area (Å²) in [4.78, 5) is 36.7. The number of hydrogen-bond acceptors (Lipinski definition) is 8. The quantitative estimate of drug-likeness (QED) is 0.157. The molecule has 2 aliphatic rings. The molecule has 0 saturated heterocycles. The molecule has 0 bridgehead atoms. The Morgan fingerprint density at radius 2 is 0.982 bits per heavy atom. The number of nitrogens with one attached hydrogen (secondary N) is 2. The Hall–Kier alpha value is -6.08. The van der Waals surface area contributed by atoms with Gasteiger partial charge in [-0.15, -0.1) is 10.2 Å². The topological polar surface area (TPSA) is 153 Å². The molecule has 2 aliphatic carbocycles. The summed E-state index contributed by atoms with van der Waals surface area (Å²) in [6.07, 6.45) is -2.93. The van der Waals surface area contributed by atoms with Crippen LogP contribution in [-0.2, 0) is 12.4 Å². The molecule has 4 aromatic heterocycles. The van der Waals surface area contributed by atoms with Gasteiger partial charge in [0, 0.05) is 23.3 Å². The molecule has 4 heterocycles. The average molecular weight is 787 g/mol. The second-order valence-corrected chi connectivity index (χ2v) is 13.6. The summed E-state index contributed by atoms with van der Waals surface area (Å²) in [5, 5.41) is 16.1. The molecule has 2 saturated carbocycles. The molecule has 2 N–H and O–H groups in total. The van der Waals surface area contributed by atoms with Crippen LogP contribution in [0.15, 0.2) is 70.5 Å². The SMILES string of the molecule is Cc1nc(-c2cn(C(c3ccc(C(F)(F)F)cc3F)C3CC3)nn2)cc(=O)[nH]1.Cc1nc(-c2cn([C@H](c3ccc(C(F)(F)F)cc3F)C3CC3)nn2)cc(=O)[nH]1. The van der Waals surface area contributed by atoms with E-state index in [0.717, 1.165) is 49.9 Å². The molecule has 0 amide bonds. The molecule has 8 rings (SSSR count). The summed E-state index contributed by atoms with van der Waals surface area (Å²) in [6.45, 7) is 3.25. The summed E-state index contributed by atoms with van der Waals surface area (Å²) in [5.41, 5.74) is -1.22. The zero-order chi connectivity index (χ0) is 40.1. The van der Waals surface area contributed by atoms with Gasteiger partial charge in [0.2, 0.25) is 0 Å². The number of aromatic amines is 2. The molecule has 0 aliphatic heterocycles. The highest BCUT2D eigenvalue weighted by Gasteiger charge is 2.39. The Morgan fingerprint density at radius 1 is 0.607 bits per heavy atom. The number of hydrogen-bond donors (Lipinski definition) is 2. The fourth-order valence-electron chi connectivity index (χ4n) is 6.42. The van der Waals surface area contributed by atoms with E-state index in [-0.39, 0.29) is 34.1 Å². The first kappa shape index (κ1) is 38.2. The van der Waals surface area contributed by atoms with Crippen molar-refractivity contribution in [3.63, 3.8) is 0 Å². The lowest BCUT2D eigenvalue weighted by atomic mass is 10.00. The number of alkyl halides is 6. The van der Waals surface area contributed by atoms with E-state index in [1.165, 1.54) is 33.9 Å². The lowest BCUT2D eigenvalue weighted by molar-refractivity contribution is -0.138. The maximum Gasteiger partial charge on any atom is 0.416 e. The van der Waals surface area contributed by atoms with Gasteiger partial charge in [-0.1, -0.05) is 22.6 Å². The van der Waals surface area contributed by atoms with Crippen LogP contribution in [0.4, 0.5) is 35.1 Å². The zero-order valence-corrected chi connectivity index (χ0v) is 29.3. The summed E-state index contributed by atoms with van der Waals surface area (Å²) < 4.78 is 109. The molecule has 292 valence electrons. The van der Waals surface area contributed by atoms with E-state index in [4.69, 9.17) is 0 Å². The molecule has 2 atom stereocenters. The molecule has 6 aromatic rings. The van der Waals surface area contributed by atoms with Gasteiger partial charge in [-0.2, -0.15) is 26.3 Å². The second-order valence-electron chi connectivity index (χ2n) is 13.6. The van der Waals surface area contributed by atoms with Crippen LogP contribution in [0.25, 0.3) is 22.8 Å². The highest BCUT2D eigenvalue weighted by molar-refractivity contribution is 5.52. The Balaban J connectivity index is 0.000000172. The first-order valence-electron chi connectivity index (χ1n) is 17.2. The van der Waals surface area contributed by atoms with Gasteiger partial charge >= 0.3 is 12.4 Å². The number of benzene rings is 2. The van der Waals surface area contributed by atoms with E-state index in [1.807, 2.05) is 0 Å². The van der Waals surface area contributed by atoms with Crippen LogP contribution < -0.4 is 11.1 Å². The minimum Gasteiger partial charge on any atom is -0.311 e. The Labute approximate surface area is 310 Å². The number of nitrogens with zero attached hydrogens (tertiary/aromatic N) is 8. The standard InChI is InChI=1S/2C18H15F4N5O/c2*1-9-23-14(7-16(28)24-9)15-8-27(26-25-15)17(10-2-3-10)12-5-4-11(6-13(12)19)18(20,21)22/h2*4-8,10,17H,2-3H2,1H3,(H,23,24,28)/t17-;/m0./s1. The maximum absolute atomic E-state index is 14.5. The van der Waals surface area contributed by atoms with Gasteiger partial charge in [-0.25, -0.2) is 28.1 Å². The van der Waals surface area contributed by atoms with Crippen molar-refractivity contribution >= 4 is 0 Å². The monoisotopic (exact) mass is 786 g/mol. The summed E-state index contributed by atoms with van der Waals surface area (Å²) >= 11 is 0. The van der Waals surface area contributed by atoms with E-state index in [1.54, 1.807) is 13.8 Å². The zero-order valence-electron chi connectivity index (χ0n) is 29.3. The summed E-state index contributed by atoms with van der Waals surface area (Å²) in [6, 6.07) is 6.43. The van der Waals surface area contributed by atoms with Crippen molar-refractivity contribution in [3.8, 4) is 22.8 Å². The highest BCUT2D eigenvalue weighted by atomic mass is 19.4. The number of aromatic nitrogens is 10. The minimum atomic E-state index is -4.61. The van der Waals surface area contributed by atoms with Crippen molar-refractivity contribution in [1.29, 1.82) is 0 Å². The van der Waals surface area contributed by atoms with Crippen molar-refractivity contribution in [3.05, 3.63) is 127 Å². The van der Waals surface area contributed by atoms with Crippen LogP contribution in [0.1, 0.15) is 71.7 Å². The average Bonchev–Trinajstić information content (AvgIpc) is 4.02. The van der Waals surface area contributed by atoms with Crippen LogP contribution >= 0.6 is 0 Å². The molecule has 12 nitrogen and oxygen atoms in total. The Bertz CT molecular complexity index is 2340. The van der Waals surface area contributed by atoms with Crippen LogP contribution in [-0.4, -0.2) is 49.9 Å². The second kappa shape index (κ2) is 14.5. The van der Waals surface area contributed by atoms with Gasteiger partial charge in [0.1, 0.15) is 34.7 Å². The van der Waals surface area contributed by atoms with Crippen molar-refractivity contribution < 1.29 is 35.1 Å². The summed E-state index contributed by atoms with van der Waals surface area (Å²) in [5.74, 6) is -0.957. The first-order valence-corrected chi connectivity index (χ1v) is 17.2. The van der Waals surface area contributed by atoms with Crippen molar-refractivity contribution in [2.45, 2.75) is 64.0 Å². The number of aryl methyl sites for hydroxylation is 2. The maximum atomic E-state index is 14.5. The van der Waals surface area contributed by atoms with Crippen LogP contribution in [0.3, 0.4) is 0 Å². The van der Waals surface area contributed by atoms with Crippen LogP contribution in [0.2, 0.25) is 0 Å². The smallest absolute Gasteiger partial charge is 0.311 e. The third kappa shape index (κ3) is 8.42. The van der Waals surface area contributed by atoms with Crippen LogP contribution in [0.5, 0.6) is 0 Å². The van der Waals surface area contributed by atoms with Crippen molar-refractivity contribution in [2.24, 2.45) is 11.8 Å². The molecule has 56 heavy (non-hydrogen) atoms. The molecule has 1 unspecified atom stereocenters. The first-order chi connectivity index (χ1) is 26.4. The molecular weight excluding hydrogens is 756 g/mol. The molecule has 2 fully saturated rings. The number of H-pyrrole nitrogens is 2. The van der Waals surface area contributed by atoms with Gasteiger partial charge in [0.15, 0.2) is 0 Å². The van der Waals surface area contributed by atoms with Crippen molar-refractivity contribution in [1.82, 2.24) is 49.9 Å². The predicted octanol–water partition coefficient (Wildman–Crippen LogP) is 6.99. The van der Waals surface area contributed by atoms with E-state index in [2.05, 4.69) is 40.6 Å². The highest BCUT2D eigenvalue weighted by Crippen LogP contribution is 2.46. The van der Waals surface area contributed by atoms with Gasteiger partial charge in [-0.05, 0) is 75.6 Å². The Kier molecular flexibility index (Phi) is 9.91. The fraction of sp³-hybridized carbons (Fsp3) is 0.333.